The molecule has 0 spiro atoms. The Morgan fingerprint density at radius 2 is 2.00 bits per heavy atom. The lowest BCUT2D eigenvalue weighted by molar-refractivity contribution is -0.111. The Balaban J connectivity index is 1.62. The van der Waals surface area contributed by atoms with Crippen LogP contribution in [0.1, 0.15) is 65.2 Å². The first-order valence-electron chi connectivity index (χ1n) is 10.2. The minimum Gasteiger partial charge on any atom is -0.391 e. The van der Waals surface area contributed by atoms with Crippen molar-refractivity contribution in [3.8, 4) is 0 Å². The van der Waals surface area contributed by atoms with E-state index in [-0.39, 0.29) is 16.6 Å². The van der Waals surface area contributed by atoms with E-state index in [2.05, 4.69) is 13.0 Å². The number of carbonyl (C=O) groups is 1. The van der Waals surface area contributed by atoms with Crippen LogP contribution in [-0.4, -0.2) is 28.2 Å². The van der Waals surface area contributed by atoms with Crippen LogP contribution in [0.2, 0.25) is 0 Å². The molecular weight excluding hydrogens is 312 g/mol. The van der Waals surface area contributed by atoms with Gasteiger partial charge in [-0.15, -0.1) is 0 Å². The minimum atomic E-state index is -0.640. The molecule has 0 bridgehead atoms. The van der Waals surface area contributed by atoms with Gasteiger partial charge in [0.15, 0.2) is 5.78 Å². The van der Waals surface area contributed by atoms with Crippen LogP contribution in [0.4, 0.5) is 0 Å². The Hall–Kier alpha value is -0.930. The standard InChI is InChI=1S/C22H32O3/c1-14(23)20(25)13-22-9-3-4-19(22)17-6-5-15-12-16(24)7-10-21(15,2)18(17)8-11-22/h7,10,12,14,17-20,23,25H,3-6,8-9,11,13H2,1-2H3/t14?,17-,18+,19+,20?,21+,22+/m1/s1. The highest BCUT2D eigenvalue weighted by Gasteiger charge is 2.57. The summed E-state index contributed by atoms with van der Waals surface area (Å²) in [4.78, 5) is 11.8. The quantitative estimate of drug-likeness (QED) is 0.819. The summed E-state index contributed by atoms with van der Waals surface area (Å²) in [7, 11) is 0. The normalized spacial score (nSPS) is 45.2. The van der Waals surface area contributed by atoms with Crippen molar-refractivity contribution in [2.24, 2.45) is 28.6 Å². The van der Waals surface area contributed by atoms with E-state index >= 15 is 0 Å². The monoisotopic (exact) mass is 344 g/mol. The first-order chi connectivity index (χ1) is 11.9. The number of hydrogen-bond donors (Lipinski definition) is 2. The Morgan fingerprint density at radius 1 is 1.20 bits per heavy atom. The van der Waals surface area contributed by atoms with Crippen molar-refractivity contribution in [1.82, 2.24) is 0 Å². The summed E-state index contributed by atoms with van der Waals surface area (Å²) < 4.78 is 0. The maximum atomic E-state index is 11.8. The van der Waals surface area contributed by atoms with Crippen LogP contribution in [0.3, 0.4) is 0 Å². The van der Waals surface area contributed by atoms with Gasteiger partial charge >= 0.3 is 0 Å². The summed E-state index contributed by atoms with van der Waals surface area (Å²) in [5.74, 6) is 2.13. The summed E-state index contributed by atoms with van der Waals surface area (Å²) in [6.45, 7) is 4.05. The summed E-state index contributed by atoms with van der Waals surface area (Å²) in [5, 5.41) is 20.2. The van der Waals surface area contributed by atoms with Gasteiger partial charge in [0.1, 0.15) is 0 Å². The number of fused-ring (bicyclic) bond motifs is 5. The van der Waals surface area contributed by atoms with Crippen LogP contribution in [0.15, 0.2) is 23.8 Å². The second-order valence-corrected chi connectivity index (χ2v) is 9.41. The zero-order valence-corrected chi connectivity index (χ0v) is 15.6. The van der Waals surface area contributed by atoms with Gasteiger partial charge in [-0.2, -0.15) is 0 Å². The van der Waals surface area contributed by atoms with Gasteiger partial charge in [0, 0.05) is 5.41 Å². The lowest BCUT2D eigenvalue weighted by Crippen LogP contribution is -2.50. The van der Waals surface area contributed by atoms with E-state index in [9.17, 15) is 15.0 Å². The number of aliphatic hydroxyl groups excluding tert-OH is 2. The molecule has 4 rings (SSSR count). The van der Waals surface area contributed by atoms with Crippen LogP contribution in [0, 0.1) is 28.6 Å². The van der Waals surface area contributed by atoms with E-state index in [1.165, 1.54) is 37.7 Å². The van der Waals surface area contributed by atoms with Crippen molar-refractivity contribution < 1.29 is 15.0 Å². The fourth-order valence-electron chi connectivity index (χ4n) is 6.93. The third-order valence-corrected chi connectivity index (χ3v) is 8.26. The van der Waals surface area contributed by atoms with E-state index in [1.807, 2.05) is 6.08 Å². The van der Waals surface area contributed by atoms with Gasteiger partial charge in [-0.3, -0.25) is 4.79 Å². The first kappa shape index (κ1) is 17.5. The molecule has 0 aliphatic heterocycles. The third kappa shape index (κ3) is 2.66. The lowest BCUT2D eigenvalue weighted by atomic mass is 9.47. The fraction of sp³-hybridized carbons (Fsp3) is 0.773. The van der Waals surface area contributed by atoms with Crippen LogP contribution < -0.4 is 0 Å². The molecule has 138 valence electrons. The van der Waals surface area contributed by atoms with Crippen molar-refractivity contribution in [3.05, 3.63) is 23.8 Å². The molecule has 2 unspecified atom stereocenters. The smallest absolute Gasteiger partial charge is 0.178 e. The Morgan fingerprint density at radius 3 is 2.76 bits per heavy atom. The number of carbonyl (C=O) groups excluding carboxylic acids is 1. The van der Waals surface area contributed by atoms with Crippen molar-refractivity contribution in [2.75, 3.05) is 0 Å². The fourth-order valence-corrected chi connectivity index (χ4v) is 6.93. The molecular formula is C22H32O3. The van der Waals surface area contributed by atoms with E-state index < -0.39 is 12.2 Å². The molecule has 3 nitrogen and oxygen atoms in total. The summed E-state index contributed by atoms with van der Waals surface area (Å²) >= 11 is 0. The molecule has 4 aliphatic rings. The molecule has 4 aliphatic carbocycles. The number of ketones is 1. The average molecular weight is 344 g/mol. The Labute approximate surface area is 151 Å². The second-order valence-electron chi connectivity index (χ2n) is 9.41. The molecule has 0 radical (unpaired) electrons. The van der Waals surface area contributed by atoms with Crippen LogP contribution in [0.25, 0.3) is 0 Å². The topological polar surface area (TPSA) is 57.5 Å². The average Bonchev–Trinajstić information content (AvgIpc) is 2.99. The Kier molecular flexibility index (Phi) is 4.24. The van der Waals surface area contributed by atoms with Crippen LogP contribution in [-0.2, 0) is 4.79 Å². The van der Waals surface area contributed by atoms with Crippen LogP contribution in [0.5, 0.6) is 0 Å². The highest BCUT2D eigenvalue weighted by Crippen LogP contribution is 2.65. The van der Waals surface area contributed by atoms with Crippen molar-refractivity contribution in [2.45, 2.75) is 77.4 Å². The molecule has 3 heteroatoms. The maximum Gasteiger partial charge on any atom is 0.178 e. The van der Waals surface area contributed by atoms with Crippen LogP contribution >= 0.6 is 0 Å². The van der Waals surface area contributed by atoms with Crippen molar-refractivity contribution in [3.63, 3.8) is 0 Å². The number of rotatable bonds is 3. The molecule has 0 saturated heterocycles. The second kappa shape index (κ2) is 6.06. The van der Waals surface area contributed by atoms with Gasteiger partial charge < -0.3 is 10.2 Å². The first-order valence-corrected chi connectivity index (χ1v) is 10.2. The maximum absolute atomic E-state index is 11.8. The zero-order chi connectivity index (χ0) is 17.8. The van der Waals surface area contributed by atoms with E-state index in [1.54, 1.807) is 13.0 Å². The summed E-state index contributed by atoms with van der Waals surface area (Å²) in [6.07, 6.45) is 13.7. The zero-order valence-electron chi connectivity index (χ0n) is 15.6. The van der Waals surface area contributed by atoms with Gasteiger partial charge in [0.25, 0.3) is 0 Å². The molecule has 0 aromatic carbocycles. The van der Waals surface area contributed by atoms with Gasteiger partial charge in [0.2, 0.25) is 0 Å². The molecule has 2 N–H and O–H groups in total. The molecule has 25 heavy (non-hydrogen) atoms. The molecule has 0 heterocycles. The Bertz CT molecular complexity index is 619. The predicted octanol–water partition coefficient (Wildman–Crippen LogP) is 3.80. The number of hydrogen-bond acceptors (Lipinski definition) is 3. The van der Waals surface area contributed by atoms with E-state index in [4.69, 9.17) is 0 Å². The van der Waals surface area contributed by atoms with Crippen molar-refractivity contribution >= 4 is 5.78 Å². The van der Waals surface area contributed by atoms with Gasteiger partial charge in [-0.25, -0.2) is 0 Å². The minimum absolute atomic E-state index is 0.0501. The third-order valence-electron chi connectivity index (χ3n) is 8.26. The predicted molar refractivity (Wildman–Crippen MR) is 97.9 cm³/mol. The summed E-state index contributed by atoms with van der Waals surface area (Å²) in [5.41, 5.74) is 1.62. The molecule has 0 aromatic heterocycles. The molecule has 3 fully saturated rings. The largest absolute Gasteiger partial charge is 0.391 e. The number of allylic oxidation sites excluding steroid dienone is 4. The van der Waals surface area contributed by atoms with E-state index in [0.29, 0.717) is 17.8 Å². The highest BCUT2D eigenvalue weighted by molar-refractivity contribution is 6.01. The highest BCUT2D eigenvalue weighted by atomic mass is 16.3. The van der Waals surface area contributed by atoms with Crippen molar-refractivity contribution in [1.29, 1.82) is 0 Å². The SMILES string of the molecule is CC(O)C(O)C[C@@]12CCC[C@H]1[C@@H]1CCC3=CC(=O)C=C[C@]3(C)[C@H]1CC2. The summed E-state index contributed by atoms with van der Waals surface area (Å²) in [6, 6.07) is 0. The lowest BCUT2D eigenvalue weighted by Gasteiger charge is -2.57. The van der Waals surface area contributed by atoms with E-state index in [0.717, 1.165) is 19.3 Å². The molecule has 0 aromatic rings. The van der Waals surface area contributed by atoms with Gasteiger partial charge in [-0.05, 0) is 87.2 Å². The van der Waals surface area contributed by atoms with Gasteiger partial charge in [-0.1, -0.05) is 25.0 Å². The molecule has 0 amide bonds. The van der Waals surface area contributed by atoms with Gasteiger partial charge in [0.05, 0.1) is 12.2 Å². The molecule has 7 atom stereocenters. The molecule has 3 saturated carbocycles. The number of aliphatic hydroxyl groups is 2.